The first-order valence-corrected chi connectivity index (χ1v) is 9.73. The highest BCUT2D eigenvalue weighted by molar-refractivity contribution is 6.04. The van der Waals surface area contributed by atoms with Gasteiger partial charge in [0.1, 0.15) is 5.75 Å². The van der Waals surface area contributed by atoms with Gasteiger partial charge in [-0.2, -0.15) is 0 Å². The maximum atomic E-state index is 12.3. The first-order valence-electron chi connectivity index (χ1n) is 9.73. The highest BCUT2D eigenvalue weighted by Gasteiger charge is 2.09. The van der Waals surface area contributed by atoms with E-state index in [1.165, 1.54) is 12.1 Å². The number of ether oxygens (including phenoxy) is 2. The van der Waals surface area contributed by atoms with Gasteiger partial charge < -0.3 is 20.1 Å². The Morgan fingerprint density at radius 3 is 2.06 bits per heavy atom. The summed E-state index contributed by atoms with van der Waals surface area (Å²) in [6.45, 7) is 2.23. The van der Waals surface area contributed by atoms with E-state index in [0.29, 0.717) is 29.1 Å². The fourth-order valence-electron chi connectivity index (χ4n) is 2.70. The molecule has 7 nitrogen and oxygen atoms in total. The van der Waals surface area contributed by atoms with Crippen molar-refractivity contribution < 1.29 is 23.9 Å². The van der Waals surface area contributed by atoms with E-state index in [4.69, 9.17) is 9.47 Å². The lowest BCUT2D eigenvalue weighted by Crippen LogP contribution is -2.22. The van der Waals surface area contributed by atoms with Crippen molar-refractivity contribution in [2.45, 2.75) is 13.5 Å². The maximum absolute atomic E-state index is 12.3. The van der Waals surface area contributed by atoms with Crippen LogP contribution in [0.15, 0.2) is 78.9 Å². The zero-order chi connectivity index (χ0) is 22.1. The van der Waals surface area contributed by atoms with E-state index in [9.17, 15) is 14.4 Å². The average Bonchev–Trinajstić information content (AvgIpc) is 2.79. The molecule has 0 aliphatic carbocycles. The van der Waals surface area contributed by atoms with Gasteiger partial charge in [0.2, 0.25) is 0 Å². The Labute approximate surface area is 180 Å². The Bertz CT molecular complexity index is 1030. The molecule has 158 valence electrons. The molecule has 0 saturated heterocycles. The van der Waals surface area contributed by atoms with Crippen LogP contribution in [0.4, 0.5) is 10.5 Å². The third-order valence-electron chi connectivity index (χ3n) is 4.28. The zero-order valence-corrected chi connectivity index (χ0v) is 17.0. The normalized spacial score (nSPS) is 10.1. The van der Waals surface area contributed by atoms with Crippen LogP contribution < -0.4 is 15.4 Å². The van der Waals surface area contributed by atoms with E-state index in [-0.39, 0.29) is 18.4 Å². The summed E-state index contributed by atoms with van der Waals surface area (Å²) < 4.78 is 9.66. The summed E-state index contributed by atoms with van der Waals surface area (Å²) in [4.78, 5) is 35.8. The zero-order valence-electron chi connectivity index (χ0n) is 17.0. The second-order valence-electron chi connectivity index (χ2n) is 6.51. The molecular weight excluding hydrogens is 396 g/mol. The average molecular weight is 418 g/mol. The molecule has 0 heterocycles. The Hall–Kier alpha value is -4.13. The van der Waals surface area contributed by atoms with Crippen molar-refractivity contribution in [1.29, 1.82) is 0 Å². The summed E-state index contributed by atoms with van der Waals surface area (Å²) in [6, 6.07) is 22.4. The molecule has 3 aromatic rings. The molecule has 0 fully saturated rings. The van der Waals surface area contributed by atoms with Gasteiger partial charge in [0.05, 0.1) is 6.61 Å². The first-order chi connectivity index (χ1) is 15.0. The Kier molecular flexibility index (Phi) is 7.37. The SMILES string of the molecule is CCOC(=O)Oc1ccc(C(=O)NCc2ccc(NC(=O)c3ccccc3)cc2)cc1. The standard InChI is InChI=1S/C24H22N2O5/c1-2-30-24(29)31-21-14-10-19(11-15-21)22(27)25-16-17-8-12-20(13-9-17)26-23(28)18-6-4-3-5-7-18/h3-15H,2,16H2,1H3,(H,25,27)(H,26,28). The van der Waals surface area contributed by atoms with E-state index in [1.807, 2.05) is 30.3 Å². The van der Waals surface area contributed by atoms with Gasteiger partial charge in [-0.15, -0.1) is 0 Å². The molecule has 3 rings (SSSR count). The van der Waals surface area contributed by atoms with E-state index in [2.05, 4.69) is 10.6 Å². The molecule has 0 spiro atoms. The van der Waals surface area contributed by atoms with Crippen molar-refractivity contribution in [3.05, 3.63) is 95.6 Å². The van der Waals surface area contributed by atoms with Crippen molar-refractivity contribution in [2.75, 3.05) is 11.9 Å². The second kappa shape index (κ2) is 10.6. The van der Waals surface area contributed by atoms with Gasteiger partial charge in [-0.1, -0.05) is 30.3 Å². The molecule has 0 aliphatic rings. The summed E-state index contributed by atoms with van der Waals surface area (Å²) in [5.41, 5.74) is 2.56. The maximum Gasteiger partial charge on any atom is 0.513 e. The van der Waals surface area contributed by atoms with Crippen molar-refractivity contribution in [1.82, 2.24) is 5.32 Å². The van der Waals surface area contributed by atoms with Crippen LogP contribution in [0.2, 0.25) is 0 Å². The quantitative estimate of drug-likeness (QED) is 0.438. The highest BCUT2D eigenvalue weighted by atomic mass is 16.7. The molecule has 3 aromatic carbocycles. The highest BCUT2D eigenvalue weighted by Crippen LogP contribution is 2.14. The largest absolute Gasteiger partial charge is 0.513 e. The minimum Gasteiger partial charge on any atom is -0.434 e. The lowest BCUT2D eigenvalue weighted by Gasteiger charge is -2.09. The summed E-state index contributed by atoms with van der Waals surface area (Å²) in [7, 11) is 0. The molecule has 0 radical (unpaired) electrons. The topological polar surface area (TPSA) is 93.7 Å². The van der Waals surface area contributed by atoms with Gasteiger partial charge in [0.15, 0.2) is 0 Å². The molecule has 0 bridgehead atoms. The molecule has 0 aliphatic heterocycles. The number of amides is 2. The minimum absolute atomic E-state index is 0.183. The Morgan fingerprint density at radius 2 is 1.42 bits per heavy atom. The molecule has 0 saturated carbocycles. The Morgan fingerprint density at radius 1 is 0.774 bits per heavy atom. The van der Waals surface area contributed by atoms with Gasteiger partial charge in [-0.05, 0) is 61.0 Å². The molecule has 0 atom stereocenters. The smallest absolute Gasteiger partial charge is 0.434 e. The molecule has 31 heavy (non-hydrogen) atoms. The van der Waals surface area contributed by atoms with Gasteiger partial charge in [0, 0.05) is 23.4 Å². The number of nitrogens with one attached hydrogen (secondary N) is 2. The number of hydrogen-bond donors (Lipinski definition) is 2. The van der Waals surface area contributed by atoms with Gasteiger partial charge in [-0.3, -0.25) is 9.59 Å². The lowest BCUT2D eigenvalue weighted by molar-refractivity contribution is 0.0950. The molecule has 0 unspecified atom stereocenters. The number of carbonyl (C=O) groups excluding carboxylic acids is 3. The summed E-state index contributed by atoms with van der Waals surface area (Å²) in [5, 5.41) is 5.65. The predicted molar refractivity (Wildman–Crippen MR) is 116 cm³/mol. The fraction of sp³-hybridized carbons (Fsp3) is 0.125. The van der Waals surface area contributed by atoms with Crippen LogP contribution in [0.3, 0.4) is 0 Å². The van der Waals surface area contributed by atoms with Crippen molar-refractivity contribution in [3.63, 3.8) is 0 Å². The molecule has 2 amide bonds. The third-order valence-corrected chi connectivity index (χ3v) is 4.28. The lowest BCUT2D eigenvalue weighted by atomic mass is 10.1. The molecule has 2 N–H and O–H groups in total. The number of benzene rings is 3. The molecule has 0 aromatic heterocycles. The number of hydrogen-bond acceptors (Lipinski definition) is 5. The van der Waals surface area contributed by atoms with E-state index in [0.717, 1.165) is 5.56 Å². The third kappa shape index (κ3) is 6.43. The van der Waals surface area contributed by atoms with Crippen LogP contribution in [-0.4, -0.2) is 24.6 Å². The van der Waals surface area contributed by atoms with Crippen LogP contribution in [0.1, 0.15) is 33.2 Å². The minimum atomic E-state index is -0.789. The monoisotopic (exact) mass is 418 g/mol. The number of carbonyl (C=O) groups is 3. The first kappa shape index (κ1) is 21.6. The summed E-state index contributed by atoms with van der Waals surface area (Å²) in [6.07, 6.45) is -0.789. The predicted octanol–water partition coefficient (Wildman–Crippen LogP) is 4.40. The summed E-state index contributed by atoms with van der Waals surface area (Å²) in [5.74, 6) is -0.149. The van der Waals surface area contributed by atoms with Crippen LogP contribution in [0, 0.1) is 0 Å². The van der Waals surface area contributed by atoms with Crippen molar-refractivity contribution in [3.8, 4) is 5.75 Å². The van der Waals surface area contributed by atoms with Crippen LogP contribution in [0.25, 0.3) is 0 Å². The summed E-state index contributed by atoms with van der Waals surface area (Å²) >= 11 is 0. The van der Waals surface area contributed by atoms with Crippen molar-refractivity contribution >= 4 is 23.7 Å². The van der Waals surface area contributed by atoms with Gasteiger partial charge in [-0.25, -0.2) is 4.79 Å². The van der Waals surface area contributed by atoms with Crippen LogP contribution in [0.5, 0.6) is 5.75 Å². The van der Waals surface area contributed by atoms with Gasteiger partial charge in [0.25, 0.3) is 11.8 Å². The number of rotatable bonds is 7. The van der Waals surface area contributed by atoms with Crippen molar-refractivity contribution in [2.24, 2.45) is 0 Å². The van der Waals surface area contributed by atoms with Crippen LogP contribution in [-0.2, 0) is 11.3 Å². The van der Waals surface area contributed by atoms with Gasteiger partial charge >= 0.3 is 6.16 Å². The number of anilines is 1. The van der Waals surface area contributed by atoms with E-state index < -0.39 is 6.16 Å². The molecule has 7 heteroatoms. The molecular formula is C24H22N2O5. The van der Waals surface area contributed by atoms with E-state index >= 15 is 0 Å². The fourth-order valence-corrected chi connectivity index (χ4v) is 2.70. The second-order valence-corrected chi connectivity index (χ2v) is 6.51. The van der Waals surface area contributed by atoms with E-state index in [1.54, 1.807) is 43.3 Å². The van der Waals surface area contributed by atoms with Crippen LogP contribution >= 0.6 is 0 Å². The Balaban J connectivity index is 1.50.